The van der Waals surface area contributed by atoms with Gasteiger partial charge in [0.1, 0.15) is 11.6 Å². The average molecular weight is 342 g/mol. The fourth-order valence-corrected chi connectivity index (χ4v) is 3.80. The second-order valence-electron chi connectivity index (χ2n) is 6.65. The largest absolute Gasteiger partial charge is 0.497 e. The molecule has 0 radical (unpaired) electrons. The zero-order valence-electron chi connectivity index (χ0n) is 14.8. The minimum absolute atomic E-state index is 0.293. The van der Waals surface area contributed by atoms with E-state index in [1.54, 1.807) is 25.3 Å². The van der Waals surface area contributed by atoms with Crippen LogP contribution in [0.2, 0.25) is 0 Å². The maximum atomic E-state index is 14.5. The summed E-state index contributed by atoms with van der Waals surface area (Å²) in [5, 5.41) is 0. The Hall–Kier alpha value is -2.36. The summed E-state index contributed by atoms with van der Waals surface area (Å²) in [5.41, 5.74) is 2.84. The Bertz CT molecular complexity index is 785. The zero-order valence-corrected chi connectivity index (χ0v) is 14.8. The summed E-state index contributed by atoms with van der Waals surface area (Å²) < 4.78 is 24.6. The van der Waals surface area contributed by atoms with E-state index in [4.69, 9.17) is 9.47 Å². The van der Waals surface area contributed by atoms with E-state index in [1.165, 1.54) is 13.2 Å². The van der Waals surface area contributed by atoms with Crippen LogP contribution in [-0.2, 0) is 4.74 Å². The molecule has 0 spiro atoms. The van der Waals surface area contributed by atoms with Gasteiger partial charge in [-0.1, -0.05) is 25.8 Å². The molecule has 1 saturated carbocycles. The van der Waals surface area contributed by atoms with Crippen molar-refractivity contribution >= 4 is 5.97 Å². The molecule has 1 aliphatic rings. The summed E-state index contributed by atoms with van der Waals surface area (Å²) in [5.74, 6) is 0.757. The van der Waals surface area contributed by atoms with Crippen molar-refractivity contribution in [3.8, 4) is 16.9 Å². The van der Waals surface area contributed by atoms with Crippen LogP contribution in [-0.4, -0.2) is 20.2 Å². The maximum absolute atomic E-state index is 14.5. The monoisotopic (exact) mass is 342 g/mol. The summed E-state index contributed by atoms with van der Waals surface area (Å²) in [6.07, 6.45) is 3.34. The van der Waals surface area contributed by atoms with Gasteiger partial charge in [0.25, 0.3) is 0 Å². The van der Waals surface area contributed by atoms with Gasteiger partial charge in [0.15, 0.2) is 0 Å². The third-order valence-electron chi connectivity index (χ3n) is 5.20. The van der Waals surface area contributed by atoms with Gasteiger partial charge < -0.3 is 9.47 Å². The van der Waals surface area contributed by atoms with Gasteiger partial charge in [-0.05, 0) is 59.7 Å². The smallest absolute Gasteiger partial charge is 0.337 e. The van der Waals surface area contributed by atoms with Crippen molar-refractivity contribution in [1.82, 2.24) is 0 Å². The van der Waals surface area contributed by atoms with Crippen LogP contribution in [0.1, 0.15) is 48.0 Å². The molecule has 0 N–H and O–H groups in total. The Morgan fingerprint density at radius 2 is 1.88 bits per heavy atom. The molecule has 4 heteroatoms. The van der Waals surface area contributed by atoms with Gasteiger partial charge in [-0.15, -0.1) is 0 Å². The van der Waals surface area contributed by atoms with Crippen LogP contribution in [0, 0.1) is 11.7 Å². The Morgan fingerprint density at radius 3 is 2.52 bits per heavy atom. The standard InChI is InChI=1S/C21H23FO3/c1-13-5-4-6-16(13)18-11-14(21(23)25-3)7-9-17(18)19-12-15(24-2)8-10-20(19)22/h7-13,16H,4-6H2,1-3H3. The number of halogens is 1. The molecule has 2 aromatic carbocycles. The summed E-state index contributed by atoms with van der Waals surface area (Å²) in [4.78, 5) is 12.0. The molecular formula is C21H23FO3. The molecule has 0 saturated heterocycles. The molecule has 0 heterocycles. The SMILES string of the molecule is COC(=O)c1ccc(-c2cc(OC)ccc2F)c(C2CCCC2C)c1. The molecule has 0 aliphatic heterocycles. The number of rotatable bonds is 4. The van der Waals surface area contributed by atoms with Crippen LogP contribution in [0.3, 0.4) is 0 Å². The normalized spacial score (nSPS) is 19.7. The summed E-state index contributed by atoms with van der Waals surface area (Å²) in [6, 6.07) is 10.1. The highest BCUT2D eigenvalue weighted by molar-refractivity contribution is 5.90. The summed E-state index contributed by atoms with van der Waals surface area (Å²) >= 11 is 0. The molecule has 1 aliphatic carbocycles. The van der Waals surface area contributed by atoms with Crippen molar-refractivity contribution in [3.05, 3.63) is 53.3 Å². The van der Waals surface area contributed by atoms with E-state index in [0.717, 1.165) is 30.4 Å². The number of ether oxygens (including phenoxy) is 2. The van der Waals surface area contributed by atoms with Gasteiger partial charge in [0.2, 0.25) is 0 Å². The zero-order chi connectivity index (χ0) is 18.0. The second-order valence-corrected chi connectivity index (χ2v) is 6.65. The molecule has 0 aromatic heterocycles. The van der Waals surface area contributed by atoms with Crippen LogP contribution >= 0.6 is 0 Å². The highest BCUT2D eigenvalue weighted by Crippen LogP contribution is 2.44. The van der Waals surface area contributed by atoms with E-state index in [-0.39, 0.29) is 11.8 Å². The van der Waals surface area contributed by atoms with Crippen LogP contribution in [0.5, 0.6) is 5.75 Å². The Labute approximate surface area is 147 Å². The van der Waals surface area contributed by atoms with E-state index in [9.17, 15) is 9.18 Å². The van der Waals surface area contributed by atoms with Crippen LogP contribution < -0.4 is 4.74 Å². The van der Waals surface area contributed by atoms with Gasteiger partial charge in [-0.25, -0.2) is 9.18 Å². The van der Waals surface area contributed by atoms with Crippen molar-refractivity contribution in [2.45, 2.75) is 32.1 Å². The van der Waals surface area contributed by atoms with E-state index in [1.807, 2.05) is 12.1 Å². The van der Waals surface area contributed by atoms with Crippen LogP contribution in [0.25, 0.3) is 11.1 Å². The van der Waals surface area contributed by atoms with E-state index >= 15 is 0 Å². The van der Waals surface area contributed by atoms with Crippen molar-refractivity contribution in [2.24, 2.45) is 5.92 Å². The predicted octanol–water partition coefficient (Wildman–Crippen LogP) is 5.19. The Balaban J connectivity index is 2.17. The molecule has 132 valence electrons. The van der Waals surface area contributed by atoms with Gasteiger partial charge in [-0.3, -0.25) is 0 Å². The average Bonchev–Trinajstić information content (AvgIpc) is 3.07. The number of hydrogen-bond donors (Lipinski definition) is 0. The van der Waals surface area contributed by atoms with Gasteiger partial charge in [0, 0.05) is 5.56 Å². The van der Waals surface area contributed by atoms with Gasteiger partial charge in [-0.2, -0.15) is 0 Å². The maximum Gasteiger partial charge on any atom is 0.337 e. The molecule has 3 rings (SSSR count). The minimum Gasteiger partial charge on any atom is -0.497 e. The Morgan fingerprint density at radius 1 is 1.08 bits per heavy atom. The lowest BCUT2D eigenvalue weighted by Crippen LogP contribution is -2.08. The van der Waals surface area contributed by atoms with Crippen molar-refractivity contribution in [3.63, 3.8) is 0 Å². The third-order valence-corrected chi connectivity index (χ3v) is 5.20. The van der Waals surface area contributed by atoms with Crippen molar-refractivity contribution in [2.75, 3.05) is 14.2 Å². The Kier molecular flexibility index (Phi) is 5.07. The fraction of sp³-hybridized carbons (Fsp3) is 0.381. The molecule has 2 aromatic rings. The predicted molar refractivity (Wildman–Crippen MR) is 95.5 cm³/mol. The fourth-order valence-electron chi connectivity index (χ4n) is 3.80. The quantitative estimate of drug-likeness (QED) is 0.717. The lowest BCUT2D eigenvalue weighted by Gasteiger charge is -2.21. The topological polar surface area (TPSA) is 35.5 Å². The minimum atomic E-state index is -0.371. The van der Waals surface area contributed by atoms with E-state index in [2.05, 4.69) is 6.92 Å². The number of hydrogen-bond acceptors (Lipinski definition) is 3. The van der Waals surface area contributed by atoms with Gasteiger partial charge >= 0.3 is 5.97 Å². The van der Waals surface area contributed by atoms with Crippen LogP contribution in [0.4, 0.5) is 4.39 Å². The number of carbonyl (C=O) groups excluding carboxylic acids is 1. The number of esters is 1. The van der Waals surface area contributed by atoms with Crippen molar-refractivity contribution in [1.29, 1.82) is 0 Å². The number of benzene rings is 2. The molecule has 3 nitrogen and oxygen atoms in total. The van der Waals surface area contributed by atoms with E-state index in [0.29, 0.717) is 28.7 Å². The molecule has 25 heavy (non-hydrogen) atoms. The molecule has 1 fully saturated rings. The molecule has 0 bridgehead atoms. The first-order valence-corrected chi connectivity index (χ1v) is 8.61. The first kappa shape index (κ1) is 17.5. The second kappa shape index (κ2) is 7.26. The first-order chi connectivity index (χ1) is 12.0. The van der Waals surface area contributed by atoms with E-state index < -0.39 is 0 Å². The lowest BCUT2D eigenvalue weighted by molar-refractivity contribution is 0.0600. The number of methoxy groups -OCH3 is 2. The number of carbonyl (C=O) groups is 1. The molecular weight excluding hydrogens is 319 g/mol. The summed E-state index contributed by atoms with van der Waals surface area (Å²) in [6.45, 7) is 2.22. The van der Waals surface area contributed by atoms with Gasteiger partial charge in [0.05, 0.1) is 19.8 Å². The molecule has 0 amide bonds. The lowest BCUT2D eigenvalue weighted by atomic mass is 9.84. The summed E-state index contributed by atoms with van der Waals surface area (Å²) in [7, 11) is 2.94. The first-order valence-electron chi connectivity index (χ1n) is 8.61. The molecule has 2 atom stereocenters. The van der Waals surface area contributed by atoms with Crippen LogP contribution in [0.15, 0.2) is 36.4 Å². The highest BCUT2D eigenvalue weighted by Gasteiger charge is 2.28. The third kappa shape index (κ3) is 3.39. The van der Waals surface area contributed by atoms with Crippen molar-refractivity contribution < 1.29 is 18.7 Å². The molecule has 2 unspecified atom stereocenters. The highest BCUT2D eigenvalue weighted by atomic mass is 19.1.